The zero-order valence-electron chi connectivity index (χ0n) is 16.6. The molecule has 26 heavy (non-hydrogen) atoms. The number of Topliss-reactive ketones (excluding diaryl/α,β-unsaturated/α-hetero) is 1. The second kappa shape index (κ2) is 25.8. The van der Waals surface area contributed by atoms with Gasteiger partial charge in [-0.3, -0.25) is 13.2 Å². The summed E-state index contributed by atoms with van der Waals surface area (Å²) in [5, 5.41) is 17.7. The fraction of sp³-hybridized carbons (Fsp3) is 0.938. The topological polar surface area (TPSA) is 138 Å². The number of rotatable bonds is 14. The summed E-state index contributed by atoms with van der Waals surface area (Å²) in [6, 6.07) is 0. The maximum absolute atomic E-state index is 11.2. The molecule has 0 bridgehead atoms. The molecule has 0 amide bonds. The van der Waals surface area contributed by atoms with E-state index in [1.54, 1.807) is 0 Å². The van der Waals surface area contributed by atoms with Crippen molar-refractivity contribution >= 4 is 16.2 Å². The average Bonchev–Trinajstić information content (AvgIpc) is 2.50. The molecule has 0 fully saturated rings. The van der Waals surface area contributed by atoms with E-state index in [-0.39, 0.29) is 109 Å². The number of carbonyl (C=O) groups excluding carboxylic acids is 1. The van der Waals surface area contributed by atoms with Crippen molar-refractivity contribution in [3.05, 3.63) is 0 Å². The molecule has 0 saturated heterocycles. The number of carbonyl (C=O) groups is 1. The molecule has 0 saturated carbocycles. The summed E-state index contributed by atoms with van der Waals surface area (Å²) in [7, 11) is -5.17. The molecule has 0 aromatic rings. The van der Waals surface area contributed by atoms with Crippen LogP contribution in [0.4, 0.5) is 0 Å². The van der Waals surface area contributed by atoms with Gasteiger partial charge in [-0.1, -0.05) is 71.1 Å². The maximum Gasteiger partial charge on any atom is 1.00 e. The largest absolute Gasteiger partial charge is 1.00 e. The van der Waals surface area contributed by atoms with Crippen molar-refractivity contribution in [3.63, 3.8) is 0 Å². The van der Waals surface area contributed by atoms with E-state index < -0.39 is 23.1 Å². The van der Waals surface area contributed by atoms with Crippen molar-refractivity contribution in [2.75, 3.05) is 6.61 Å². The minimum Gasteiger partial charge on any atom is -0.759 e. The molecule has 10 heteroatoms. The van der Waals surface area contributed by atoms with Gasteiger partial charge in [-0.25, -0.2) is 0 Å². The Bertz CT molecular complexity index is 384. The van der Waals surface area contributed by atoms with Crippen molar-refractivity contribution in [1.82, 2.24) is 0 Å². The second-order valence-corrected chi connectivity index (χ2v) is 6.67. The van der Waals surface area contributed by atoms with Crippen molar-refractivity contribution in [2.45, 2.75) is 90.1 Å². The SMILES string of the molecule is CCCCCCCCCCCCCC(=O)C(O)CO.O=S(=O)([O-])[O-].[K+].[K+]. The van der Waals surface area contributed by atoms with E-state index in [1.165, 1.54) is 57.8 Å². The number of hydrogen-bond acceptors (Lipinski definition) is 7. The molecule has 0 aromatic carbocycles. The summed E-state index contributed by atoms with van der Waals surface area (Å²) in [5.74, 6) is -0.224. The van der Waals surface area contributed by atoms with Crippen LogP contribution in [0.5, 0.6) is 0 Å². The summed E-state index contributed by atoms with van der Waals surface area (Å²) < 4.78 is 34.1. The summed E-state index contributed by atoms with van der Waals surface area (Å²) in [6.07, 6.45) is 13.0. The minimum atomic E-state index is -5.17. The summed E-state index contributed by atoms with van der Waals surface area (Å²) in [6.45, 7) is 1.79. The standard InChI is InChI=1S/C16H32O3.2K.H2O4S/c1-2-3-4-5-6-7-8-9-10-11-12-13-15(18)16(19)14-17;;;1-5(2,3)4/h16-17,19H,2-14H2,1H3;;;(H2,1,2,3,4)/q;2*+1;/p-2. The Labute approximate surface area is 243 Å². The van der Waals surface area contributed by atoms with Crippen LogP contribution in [-0.2, 0) is 15.2 Å². The van der Waals surface area contributed by atoms with Gasteiger partial charge in [0.2, 0.25) is 0 Å². The number of aliphatic hydroxyl groups is 2. The number of ketones is 1. The van der Waals surface area contributed by atoms with E-state index in [0.717, 1.165) is 12.8 Å². The molecule has 0 aliphatic carbocycles. The van der Waals surface area contributed by atoms with Gasteiger partial charge in [-0.2, -0.15) is 0 Å². The third-order valence-electron chi connectivity index (χ3n) is 3.57. The van der Waals surface area contributed by atoms with Crippen LogP contribution in [0, 0.1) is 0 Å². The van der Waals surface area contributed by atoms with Crippen LogP contribution in [0.3, 0.4) is 0 Å². The van der Waals surface area contributed by atoms with Crippen molar-refractivity contribution in [2.24, 2.45) is 0 Å². The van der Waals surface area contributed by atoms with Gasteiger partial charge in [0.05, 0.1) is 6.61 Å². The van der Waals surface area contributed by atoms with Crippen molar-refractivity contribution in [3.8, 4) is 0 Å². The van der Waals surface area contributed by atoms with Gasteiger partial charge >= 0.3 is 103 Å². The Balaban J connectivity index is -0.000000304. The van der Waals surface area contributed by atoms with Crippen LogP contribution in [0.15, 0.2) is 0 Å². The van der Waals surface area contributed by atoms with Crippen LogP contribution in [-0.4, -0.2) is 46.2 Å². The van der Waals surface area contributed by atoms with Gasteiger partial charge in [0.15, 0.2) is 5.78 Å². The molecule has 0 rings (SSSR count). The van der Waals surface area contributed by atoms with Crippen molar-refractivity contribution < 1.29 is 135 Å². The zero-order valence-corrected chi connectivity index (χ0v) is 23.7. The number of unbranched alkanes of at least 4 members (excludes halogenated alkanes) is 10. The minimum absolute atomic E-state index is 0. The first-order valence-electron chi connectivity index (χ1n) is 8.70. The van der Waals surface area contributed by atoms with Crippen LogP contribution >= 0.6 is 0 Å². The Morgan fingerprint density at radius 1 is 0.846 bits per heavy atom. The third-order valence-corrected chi connectivity index (χ3v) is 3.57. The van der Waals surface area contributed by atoms with Gasteiger partial charge in [0, 0.05) is 16.8 Å². The molecule has 0 heterocycles. The molecule has 0 aromatic heterocycles. The predicted octanol–water partition coefficient (Wildman–Crippen LogP) is -3.72. The molecular weight excluding hydrogens is 414 g/mol. The first-order chi connectivity index (χ1) is 11.2. The normalized spacial score (nSPS) is 11.4. The van der Waals surface area contributed by atoms with E-state index in [9.17, 15) is 4.79 Å². The Hall–Kier alpha value is 2.73. The Morgan fingerprint density at radius 2 is 1.15 bits per heavy atom. The van der Waals surface area contributed by atoms with Gasteiger partial charge in [-0.05, 0) is 6.42 Å². The second-order valence-electron chi connectivity index (χ2n) is 5.86. The van der Waals surface area contributed by atoms with Gasteiger partial charge in [0.25, 0.3) is 0 Å². The number of hydrogen-bond donors (Lipinski definition) is 2. The first-order valence-corrected chi connectivity index (χ1v) is 10.0. The van der Waals surface area contributed by atoms with E-state index in [4.69, 9.17) is 27.7 Å². The molecule has 0 radical (unpaired) electrons. The quantitative estimate of drug-likeness (QED) is 0.121. The fourth-order valence-corrected chi connectivity index (χ4v) is 2.23. The number of aliphatic hydroxyl groups excluding tert-OH is 2. The Morgan fingerprint density at radius 3 is 1.46 bits per heavy atom. The monoisotopic (exact) mass is 446 g/mol. The van der Waals surface area contributed by atoms with Gasteiger partial charge in [0.1, 0.15) is 6.10 Å². The fourth-order valence-electron chi connectivity index (χ4n) is 2.23. The first kappa shape index (κ1) is 36.1. The molecule has 0 spiro atoms. The Kier molecular flexibility index (Phi) is 35.8. The van der Waals surface area contributed by atoms with Crippen LogP contribution in [0.25, 0.3) is 0 Å². The van der Waals surface area contributed by atoms with E-state index in [1.807, 2.05) is 0 Å². The molecule has 1 atom stereocenters. The third kappa shape index (κ3) is 37.5. The summed E-state index contributed by atoms with van der Waals surface area (Å²) in [4.78, 5) is 11.2. The molecular formula is C16H32K2O7S. The predicted molar refractivity (Wildman–Crippen MR) is 89.7 cm³/mol. The molecule has 7 nitrogen and oxygen atoms in total. The smallest absolute Gasteiger partial charge is 0.759 e. The van der Waals surface area contributed by atoms with Crippen LogP contribution in [0.1, 0.15) is 84.0 Å². The maximum atomic E-state index is 11.2. The molecule has 0 aliphatic rings. The molecule has 2 N–H and O–H groups in total. The van der Waals surface area contributed by atoms with E-state index in [2.05, 4.69) is 6.92 Å². The van der Waals surface area contributed by atoms with Crippen molar-refractivity contribution in [1.29, 1.82) is 0 Å². The molecule has 0 aliphatic heterocycles. The average molecular weight is 447 g/mol. The van der Waals surface area contributed by atoms with E-state index >= 15 is 0 Å². The summed E-state index contributed by atoms with van der Waals surface area (Å²) in [5.41, 5.74) is 0. The van der Waals surface area contributed by atoms with E-state index in [0.29, 0.717) is 6.42 Å². The van der Waals surface area contributed by atoms with Gasteiger partial charge < -0.3 is 19.3 Å². The summed E-state index contributed by atoms with van der Waals surface area (Å²) >= 11 is 0. The zero-order chi connectivity index (χ0) is 18.8. The van der Waals surface area contributed by atoms with Crippen LogP contribution in [0.2, 0.25) is 0 Å². The molecule has 146 valence electrons. The van der Waals surface area contributed by atoms with Crippen LogP contribution < -0.4 is 103 Å². The molecule has 1 unspecified atom stereocenters. The van der Waals surface area contributed by atoms with Gasteiger partial charge in [-0.15, -0.1) is 0 Å².